The highest BCUT2D eigenvalue weighted by Gasteiger charge is 2.31. The molecular weight excluding hydrogens is 440 g/mol. The first-order valence-electron chi connectivity index (χ1n) is 12.2. The van der Waals surface area contributed by atoms with Crippen molar-refractivity contribution < 1.29 is 23.9 Å². The Bertz CT molecular complexity index is 681. The topological polar surface area (TPSA) is 93.7 Å². The van der Waals surface area contributed by atoms with Gasteiger partial charge in [0.1, 0.15) is 17.7 Å². The van der Waals surface area contributed by atoms with Crippen LogP contribution in [0.1, 0.15) is 92.4 Å². The van der Waals surface area contributed by atoms with Gasteiger partial charge in [0.15, 0.2) is 0 Å². The molecule has 0 aromatic rings. The van der Waals surface area contributed by atoms with Gasteiger partial charge in [-0.1, -0.05) is 70.1 Å². The zero-order valence-corrected chi connectivity index (χ0v) is 21.8. The maximum atomic E-state index is 13.1. The molecule has 0 aromatic carbocycles. The van der Waals surface area contributed by atoms with Crippen LogP contribution in [0.25, 0.3) is 0 Å². The van der Waals surface area contributed by atoms with Crippen molar-refractivity contribution in [1.29, 1.82) is 0 Å². The zero-order chi connectivity index (χ0) is 24.7. The second-order valence-electron chi connectivity index (χ2n) is 9.55. The molecule has 0 bridgehead atoms. The number of cyclic esters (lactones) is 1. The Morgan fingerprint density at radius 2 is 1.82 bits per heavy atom. The van der Waals surface area contributed by atoms with Crippen molar-refractivity contribution in [2.45, 2.75) is 110 Å². The van der Waals surface area contributed by atoms with Gasteiger partial charge in [0.2, 0.25) is 5.91 Å². The molecular formula is C25H42N2O5S. The van der Waals surface area contributed by atoms with E-state index in [2.05, 4.69) is 21.8 Å². The van der Waals surface area contributed by atoms with Crippen LogP contribution in [0.3, 0.4) is 0 Å². The van der Waals surface area contributed by atoms with E-state index in [1.54, 1.807) is 20.8 Å². The van der Waals surface area contributed by atoms with Gasteiger partial charge >= 0.3 is 12.1 Å². The number of esters is 1. The van der Waals surface area contributed by atoms with E-state index in [4.69, 9.17) is 9.47 Å². The second-order valence-corrected chi connectivity index (χ2v) is 10.4. The molecule has 3 atom stereocenters. The Hall–Kier alpha value is -1.88. The smallest absolute Gasteiger partial charge is 0.408 e. The summed E-state index contributed by atoms with van der Waals surface area (Å²) < 4.78 is 10.8. The van der Waals surface area contributed by atoms with Gasteiger partial charge < -0.3 is 20.1 Å². The Labute approximate surface area is 203 Å². The quantitative estimate of drug-likeness (QED) is 0.444. The molecule has 2 N–H and O–H groups in total. The number of thioether (sulfide) groups is 1. The first kappa shape index (κ1) is 29.2. The van der Waals surface area contributed by atoms with E-state index >= 15 is 0 Å². The number of carbonyl (C=O) groups is 3. The lowest BCUT2D eigenvalue weighted by atomic mass is 9.99. The van der Waals surface area contributed by atoms with Gasteiger partial charge in [-0.05, 0) is 44.8 Å². The average Bonchev–Trinajstić information content (AvgIpc) is 2.74. The number of rotatable bonds is 3. The number of hydrogen-bond acceptors (Lipinski definition) is 6. The van der Waals surface area contributed by atoms with Crippen LogP contribution in [0.2, 0.25) is 0 Å². The summed E-state index contributed by atoms with van der Waals surface area (Å²) >= 11 is 1.28. The molecule has 0 aliphatic carbocycles. The van der Waals surface area contributed by atoms with Crippen molar-refractivity contribution in [1.82, 2.24) is 10.6 Å². The Kier molecular flexibility index (Phi) is 14.0. The third-order valence-electron chi connectivity index (χ3n) is 5.36. The fraction of sp³-hybridized carbons (Fsp3) is 0.800. The molecule has 0 saturated heterocycles. The van der Waals surface area contributed by atoms with Crippen molar-refractivity contribution in [3.8, 4) is 11.2 Å². The molecule has 0 aromatic heterocycles. The third kappa shape index (κ3) is 13.4. The summed E-state index contributed by atoms with van der Waals surface area (Å²) in [5.41, 5.74) is -0.690. The van der Waals surface area contributed by atoms with E-state index in [0.29, 0.717) is 13.0 Å². The minimum Gasteiger partial charge on any atom is -0.464 e. The van der Waals surface area contributed by atoms with Crippen LogP contribution in [-0.2, 0) is 19.1 Å². The van der Waals surface area contributed by atoms with Crippen LogP contribution >= 0.6 is 11.8 Å². The number of alkyl carbamates (subject to hydrolysis) is 1. The normalized spacial score (nSPS) is 23.3. The summed E-state index contributed by atoms with van der Waals surface area (Å²) in [4.78, 5) is 38.1. The predicted molar refractivity (Wildman–Crippen MR) is 133 cm³/mol. The lowest BCUT2D eigenvalue weighted by Crippen LogP contribution is -2.55. The lowest BCUT2D eigenvalue weighted by molar-refractivity contribution is -0.149. The zero-order valence-electron chi connectivity index (χ0n) is 21.0. The van der Waals surface area contributed by atoms with E-state index in [9.17, 15) is 14.4 Å². The van der Waals surface area contributed by atoms with E-state index in [1.807, 2.05) is 13.8 Å². The largest absolute Gasteiger partial charge is 0.464 e. The molecule has 2 amide bonds. The Morgan fingerprint density at radius 3 is 2.45 bits per heavy atom. The number of carbonyl (C=O) groups excluding carboxylic acids is 3. The molecule has 0 saturated carbocycles. The van der Waals surface area contributed by atoms with Crippen LogP contribution in [0.5, 0.6) is 0 Å². The van der Waals surface area contributed by atoms with E-state index in [1.165, 1.54) is 24.6 Å². The molecule has 8 heteroatoms. The second kappa shape index (κ2) is 15.9. The van der Waals surface area contributed by atoms with E-state index in [-0.39, 0.29) is 11.7 Å². The van der Waals surface area contributed by atoms with Crippen LogP contribution in [0, 0.1) is 17.1 Å². The maximum absolute atomic E-state index is 13.1. The highest BCUT2D eigenvalue weighted by Crippen LogP contribution is 2.14. The molecule has 1 heterocycles. The van der Waals surface area contributed by atoms with Crippen LogP contribution < -0.4 is 10.6 Å². The molecule has 1 aliphatic heterocycles. The predicted octanol–water partition coefficient (Wildman–Crippen LogP) is 4.78. The third-order valence-corrected chi connectivity index (χ3v) is 6.15. The number of hydrogen-bond donors (Lipinski definition) is 2. The minimum absolute atomic E-state index is 0.106. The molecule has 0 spiro atoms. The average molecular weight is 483 g/mol. The number of ether oxygens (including phenoxy) is 2. The molecule has 0 radical (unpaired) electrons. The Morgan fingerprint density at radius 1 is 1.18 bits per heavy atom. The fourth-order valence-electron chi connectivity index (χ4n) is 3.24. The van der Waals surface area contributed by atoms with Gasteiger partial charge in [-0.3, -0.25) is 4.79 Å². The van der Waals surface area contributed by atoms with Crippen molar-refractivity contribution in [3.05, 3.63) is 0 Å². The van der Waals surface area contributed by atoms with Gasteiger partial charge in [0, 0.05) is 12.2 Å². The summed E-state index contributed by atoms with van der Waals surface area (Å²) in [6.07, 6.45) is 8.37. The lowest BCUT2D eigenvalue weighted by Gasteiger charge is -2.26. The van der Waals surface area contributed by atoms with Crippen LogP contribution in [-0.4, -0.2) is 48.0 Å². The molecule has 1 unspecified atom stereocenters. The van der Waals surface area contributed by atoms with Crippen molar-refractivity contribution >= 4 is 29.7 Å². The molecule has 0 fully saturated rings. The van der Waals surface area contributed by atoms with Gasteiger partial charge in [0.25, 0.3) is 0 Å². The van der Waals surface area contributed by atoms with Crippen molar-refractivity contribution in [2.75, 3.05) is 12.4 Å². The van der Waals surface area contributed by atoms with Gasteiger partial charge in [-0.15, -0.1) is 0 Å². The monoisotopic (exact) mass is 482 g/mol. The van der Waals surface area contributed by atoms with E-state index in [0.717, 1.165) is 38.5 Å². The Balaban J connectivity index is 2.95. The molecule has 7 nitrogen and oxygen atoms in total. The summed E-state index contributed by atoms with van der Waals surface area (Å²) in [5.74, 6) is 2.40. The molecule has 1 rings (SSSR count). The molecule has 1 aliphatic rings. The highest BCUT2D eigenvalue weighted by atomic mass is 32.2. The highest BCUT2D eigenvalue weighted by molar-refractivity contribution is 8.03. The summed E-state index contributed by atoms with van der Waals surface area (Å²) in [6.45, 7) is 9.49. The summed E-state index contributed by atoms with van der Waals surface area (Å²) in [7, 11) is 0. The van der Waals surface area contributed by atoms with Gasteiger partial charge in [0.05, 0.1) is 6.61 Å². The van der Waals surface area contributed by atoms with Crippen molar-refractivity contribution in [2.24, 2.45) is 5.92 Å². The SMILES string of the molecule is CCC(C)[C@@H]1NC(=O)[C@@H](NC(=O)OC(C)(C)C)CSC#CCCCCCCCCCOC1=O. The van der Waals surface area contributed by atoms with Crippen LogP contribution in [0.4, 0.5) is 4.79 Å². The fourth-order valence-corrected chi connectivity index (χ4v) is 3.93. The number of nitrogens with one attached hydrogen (secondary N) is 2. The van der Waals surface area contributed by atoms with E-state index < -0.39 is 35.7 Å². The standard InChI is InChI=1S/C25H42N2O5S/c1-6-19(2)21-23(29)31-16-14-12-10-8-7-9-11-13-15-17-33-18-20(22(28)27-21)26-24(30)32-25(3,4)5/h19-21H,6-14,16,18H2,1-5H3,(H,26,30)(H,27,28)/t19?,20-,21-/m0/s1. The molecule has 33 heavy (non-hydrogen) atoms. The van der Waals surface area contributed by atoms with Crippen LogP contribution in [0.15, 0.2) is 0 Å². The first-order chi connectivity index (χ1) is 15.6. The van der Waals surface area contributed by atoms with Gasteiger partial charge in [-0.2, -0.15) is 0 Å². The molecule has 188 valence electrons. The summed E-state index contributed by atoms with van der Waals surface area (Å²) in [6, 6.07) is -1.66. The number of amides is 2. The summed E-state index contributed by atoms with van der Waals surface area (Å²) in [5, 5.41) is 8.47. The maximum Gasteiger partial charge on any atom is 0.408 e. The van der Waals surface area contributed by atoms with Gasteiger partial charge in [-0.25, -0.2) is 9.59 Å². The minimum atomic E-state index is -0.888. The first-order valence-corrected chi connectivity index (χ1v) is 13.2. The van der Waals surface area contributed by atoms with Crippen molar-refractivity contribution in [3.63, 3.8) is 0 Å².